The SMILES string of the molecule is C1N2CN3CN1CN(C2)C3.C[C@@H]([NH-])Cc1ccc(C(=O)O)c(C2SCCCS2)c1.C[C@@H]([NH-])Cc1ccc(O)c(C2SCCCS2)c1.C[C@@H]([NH-])Cc1ccc(O)c(C=O)c1.C[C@@H]([NH-])Cc1ccc(O)cc1.Cc1ccc(C[C@@H](C)[NH-])cc1C1SCCCS1.ClCCl.SCCCS.[Ac].[Ac].[Ac].[Ac].[Ac]. The zero-order chi connectivity index (χ0) is 69.8. The van der Waals surface area contributed by atoms with Crippen molar-refractivity contribution in [3.8, 4) is 17.2 Å². The molecule has 5 aromatic rings. The molecule has 12 rings (SSSR count). The van der Waals surface area contributed by atoms with E-state index in [2.05, 4.69) is 99.6 Å². The molecule has 0 saturated carbocycles. The predicted molar refractivity (Wildman–Crippen MR) is 424 cm³/mol. The third-order valence-electron chi connectivity index (χ3n) is 14.6. The molecule has 5 aromatic carbocycles. The topological polar surface area (TPSA) is 247 Å². The quantitative estimate of drug-likeness (QED) is 0.0288. The van der Waals surface area contributed by atoms with Gasteiger partial charge < -0.3 is 49.1 Å². The van der Waals surface area contributed by atoms with Crippen molar-refractivity contribution in [2.75, 3.05) is 91.4 Å². The van der Waals surface area contributed by atoms with Gasteiger partial charge in [-0.3, -0.25) is 24.4 Å². The number of carbonyl (C=O) groups excluding carboxylic acids is 1. The number of carbonyl (C=O) groups is 2. The fourth-order valence-electron chi connectivity index (χ4n) is 10.7. The third-order valence-corrected chi connectivity index (χ3v) is 24.2. The van der Waals surface area contributed by atoms with Crippen LogP contribution in [-0.4, -0.2) is 174 Å². The van der Waals surface area contributed by atoms with Gasteiger partial charge >= 0.3 is 5.97 Å². The first-order valence-corrected chi connectivity index (χ1v) is 40.9. The first-order chi connectivity index (χ1) is 45.4. The Hall–Kier alpha value is 4.87. The van der Waals surface area contributed by atoms with Crippen LogP contribution in [0.25, 0.3) is 28.7 Å². The molecule has 7 saturated heterocycles. The van der Waals surface area contributed by atoms with Crippen molar-refractivity contribution >= 4 is 131 Å². The number of phenols is 3. The van der Waals surface area contributed by atoms with Crippen molar-refractivity contribution in [1.29, 1.82) is 0 Å². The van der Waals surface area contributed by atoms with Crippen LogP contribution in [-0.2, 0) is 32.1 Å². The predicted octanol–water partition coefficient (Wildman–Crippen LogP) is 19.5. The number of carboxylic acid groups (broad SMARTS) is 1. The van der Waals surface area contributed by atoms with E-state index in [1.807, 2.05) is 105 Å². The molecular weight excluding hydrogens is 2530 g/mol. The van der Waals surface area contributed by atoms with Gasteiger partial charge in [0.05, 0.1) is 70.2 Å². The number of thiol groups is 2. The number of halogens is 2. The molecule has 4 bridgehead atoms. The number of aromatic hydroxyl groups is 3. The Morgan fingerprint density at radius 1 is 0.480 bits per heavy atom. The number of carboxylic acids is 1. The molecule has 5 radical (unpaired) electrons. The molecule has 0 amide bonds. The van der Waals surface area contributed by atoms with Crippen LogP contribution < -0.4 is 0 Å². The minimum Gasteiger partial charge on any atom is -0.675 e. The summed E-state index contributed by atoms with van der Waals surface area (Å²) in [7, 11) is 0. The standard InChI is InChI=1S/C14H18NO2S2.C14H20NS2.C13H18NOS2.C10H12NO2.C9H12NO.C6H12N4.C3H8S2.CH2Cl2.5Ac/c1-9(15)7-10-3-4-11(13(16)17)12(8-10)14-18-5-2-6-19-14;1-10-4-5-12(8-11(2)15)9-13(10)14-16-6-3-7-17-14;1-9(14)7-10-3-4-12(15)11(8-10)13-16-5-2-6-17-13;1-7(11)4-8-2-3-10(13)9(5-8)6-12;1-7(10)6-8-2-4-9(11)5-3-8;1-7-2-9-4-8(1)5-10(3-7)6-9;4-2-1-3-5;2-1-3;;;;;/h3-4,8-9,14-15H,2,5-7H2,1H3,(H,16,17);4-5,9,11,14-15H,3,6-8H2,1-2H3;3-4,8-9,13-15H,2,5-7H2,1H3;2-3,5-7,11,13H,4H2,1H3;2-5,7,10-11H,6H2,1H3;1-6H2;4-5H,1-3H2;1H2;;;;;/q5*-1;;;;;;;;/t9-;11-;9-;2*7-;;;;;;;;/m11111......../s1. The monoisotopic (exact) mass is 2630 g/mol. The Balaban J connectivity index is 0. The summed E-state index contributed by atoms with van der Waals surface area (Å²) in [5.74, 6) is 8.87. The molecule has 7 fully saturated rings. The molecule has 7 aliphatic rings. The Kier molecular flexibility index (Phi) is 66.6. The number of phenolic OH excluding ortho intramolecular Hbond substituents is 3. The summed E-state index contributed by atoms with van der Waals surface area (Å²) in [6.07, 6.45) is 9.18. The minimum absolute atomic E-state index is 0. The first kappa shape index (κ1) is 107. The molecule has 30 heteroatoms. The largest absolute Gasteiger partial charge is 0.675 e. The van der Waals surface area contributed by atoms with Crippen molar-refractivity contribution in [1.82, 2.24) is 19.6 Å². The summed E-state index contributed by atoms with van der Waals surface area (Å²) in [6.45, 7) is 18.7. The number of aromatic carboxylic acids is 1. The smallest absolute Gasteiger partial charge is 0.336 e. The molecule has 7 aliphatic heterocycles. The van der Waals surface area contributed by atoms with Gasteiger partial charge in [0, 0.05) is 226 Å². The van der Waals surface area contributed by atoms with E-state index in [1.165, 1.54) is 105 Å². The van der Waals surface area contributed by atoms with E-state index in [-0.39, 0.29) is 278 Å². The summed E-state index contributed by atoms with van der Waals surface area (Å²) in [5, 5.41) is 37.6. The molecule has 0 aromatic heterocycles. The van der Waals surface area contributed by atoms with Crippen LogP contribution in [0.3, 0.4) is 0 Å². The van der Waals surface area contributed by atoms with Gasteiger partial charge in [-0.05, 0) is 192 Å². The third kappa shape index (κ3) is 44.5. The van der Waals surface area contributed by atoms with Crippen LogP contribution in [0.1, 0.15) is 145 Å². The normalized spacial score (nSPS) is 19.4. The van der Waals surface area contributed by atoms with Crippen LogP contribution in [0.15, 0.2) is 97.1 Å². The van der Waals surface area contributed by atoms with Gasteiger partial charge in [-0.1, -0.05) is 95.3 Å². The number of nitrogens with zero attached hydrogens (tertiary/aromatic N) is 4. The number of rotatable bonds is 17. The Morgan fingerprint density at radius 3 is 1.13 bits per heavy atom. The summed E-state index contributed by atoms with van der Waals surface area (Å²) in [5.41, 5.74) is 48.7. The van der Waals surface area contributed by atoms with Gasteiger partial charge in [0.25, 0.3) is 0 Å². The first-order valence-electron chi connectivity index (χ1n) is 32.3. The van der Waals surface area contributed by atoms with E-state index >= 15 is 0 Å². The van der Waals surface area contributed by atoms with Crippen molar-refractivity contribution < 1.29 is 250 Å². The van der Waals surface area contributed by atoms with E-state index in [4.69, 9.17) is 57.0 Å². The van der Waals surface area contributed by atoms with Crippen molar-refractivity contribution in [2.24, 2.45) is 0 Å². The molecule has 0 unspecified atom stereocenters. The van der Waals surface area contributed by atoms with Gasteiger partial charge in [0.15, 0.2) is 6.29 Å². The number of hydrogen-bond acceptors (Lipinski definition) is 17. The molecule has 7 heterocycles. The summed E-state index contributed by atoms with van der Waals surface area (Å²) in [6, 6.07) is 29.4. The van der Waals surface area contributed by atoms with Gasteiger partial charge in [-0.2, -0.15) is 25.3 Å². The fourth-order valence-corrected chi connectivity index (χ4v) is 20.2. The Bertz CT molecular complexity index is 2860. The second-order valence-electron chi connectivity index (χ2n) is 24.2. The van der Waals surface area contributed by atoms with Crippen LogP contribution in [0, 0.1) is 227 Å². The van der Waals surface area contributed by atoms with Crippen LogP contribution in [0.4, 0.5) is 0 Å². The second kappa shape index (κ2) is 62.3. The number of aldehydes is 1. The van der Waals surface area contributed by atoms with Crippen molar-refractivity contribution in [2.45, 2.75) is 143 Å². The number of alkyl halides is 2. The van der Waals surface area contributed by atoms with E-state index in [9.17, 15) is 24.9 Å². The maximum absolute atomic E-state index is 11.3. The summed E-state index contributed by atoms with van der Waals surface area (Å²) < 4.78 is 1.20. The Labute approximate surface area is 824 Å². The molecule has 0 spiro atoms. The van der Waals surface area contributed by atoms with E-state index in [0.29, 0.717) is 39.6 Å². The maximum Gasteiger partial charge on any atom is 0.336 e. The van der Waals surface area contributed by atoms with Crippen LogP contribution in [0.5, 0.6) is 17.2 Å². The number of thioether (sulfide) groups is 6. The van der Waals surface area contributed by atoms with Gasteiger partial charge in [0.2, 0.25) is 0 Å². The number of hydrogen-bond donors (Lipinski definition) is 6. The molecule has 15 nitrogen and oxygen atoms in total. The maximum atomic E-state index is 11.3. The van der Waals surface area contributed by atoms with Gasteiger partial charge in [-0.15, -0.1) is 124 Å². The van der Waals surface area contributed by atoms with Crippen LogP contribution in [0.2, 0.25) is 0 Å². The number of aryl methyl sites for hydroxylation is 1. The average Bonchev–Trinajstić information content (AvgIpc) is 0.804. The van der Waals surface area contributed by atoms with Gasteiger partial charge in [-0.25, -0.2) is 4.79 Å². The van der Waals surface area contributed by atoms with Crippen LogP contribution >= 0.6 is 119 Å². The molecule has 9 N–H and O–H groups in total. The average molecular weight is 2630 g/mol. The molecule has 0 aliphatic carbocycles. The molecule has 5 atom stereocenters. The van der Waals surface area contributed by atoms with Crippen molar-refractivity contribution in [3.63, 3.8) is 0 Å². The summed E-state index contributed by atoms with van der Waals surface area (Å²) in [4.78, 5) is 31.7. The van der Waals surface area contributed by atoms with Gasteiger partial charge in [0.1, 0.15) is 17.2 Å². The zero-order valence-corrected chi connectivity index (χ0v) is 90.7. The minimum atomic E-state index is -0.854. The zero-order valence-electron chi connectivity index (χ0n) is 58.8. The van der Waals surface area contributed by atoms with Crippen molar-refractivity contribution in [3.05, 3.63) is 187 Å². The van der Waals surface area contributed by atoms with E-state index in [1.54, 1.807) is 43.3 Å². The van der Waals surface area contributed by atoms with E-state index < -0.39 is 5.97 Å². The molecule has 100 heavy (non-hydrogen) atoms. The number of benzene rings is 5. The van der Waals surface area contributed by atoms with E-state index in [0.717, 1.165) is 82.1 Å². The number of nitrogens with one attached hydrogen (secondary N) is 5. The fraction of sp³-hybridized carbons (Fsp3) is 0.543. The summed E-state index contributed by atoms with van der Waals surface area (Å²) >= 11 is 29.1. The Morgan fingerprint density at radius 2 is 0.780 bits per heavy atom. The molecular formula is C70H102Ac5Cl2N9O6S8-5. The molecule has 545 valence electrons. The second-order valence-corrected chi connectivity index (χ2v) is 34.1.